The molecule has 0 unspecified atom stereocenters. The normalized spacial score (nSPS) is 12.0. The zero-order valence-corrected chi connectivity index (χ0v) is 13.8. The molecule has 0 radical (unpaired) electrons. The highest BCUT2D eigenvalue weighted by molar-refractivity contribution is 6.26. The van der Waals surface area contributed by atoms with Gasteiger partial charge in [-0.15, -0.1) is 0 Å². The van der Waals surface area contributed by atoms with E-state index in [-0.39, 0.29) is 17.3 Å². The van der Waals surface area contributed by atoms with E-state index in [2.05, 4.69) is 10.3 Å². The Labute approximate surface area is 134 Å². The number of aliphatic imine (C=N–C) groups is 1. The molecule has 0 spiro atoms. The number of methoxy groups -OCH3 is 1. The number of likely N-dealkylation sites (N-methyl/N-ethyl adjacent to an activating group) is 1. The van der Waals surface area contributed by atoms with Crippen molar-refractivity contribution in [1.29, 1.82) is 0 Å². The molecule has 0 fully saturated rings. The second-order valence-electron chi connectivity index (χ2n) is 4.91. The van der Waals surface area contributed by atoms with Gasteiger partial charge in [0.2, 0.25) is 5.82 Å². The molecule has 23 heavy (non-hydrogen) atoms. The number of amides is 1. The summed E-state index contributed by atoms with van der Waals surface area (Å²) in [6, 6.07) is 2.26. The first kappa shape index (κ1) is 18.5. The van der Waals surface area contributed by atoms with Crippen LogP contribution in [0, 0.1) is 11.6 Å². The third kappa shape index (κ3) is 4.48. The van der Waals surface area contributed by atoms with Gasteiger partial charge in [-0.25, -0.2) is 9.38 Å². The number of benzene rings is 1. The lowest BCUT2D eigenvalue weighted by Gasteiger charge is -2.10. The Morgan fingerprint density at radius 2 is 1.96 bits per heavy atom. The van der Waals surface area contributed by atoms with Gasteiger partial charge in [0, 0.05) is 7.05 Å². The maximum atomic E-state index is 13.8. The van der Waals surface area contributed by atoms with Gasteiger partial charge in [-0.1, -0.05) is 11.6 Å². The van der Waals surface area contributed by atoms with Gasteiger partial charge >= 0.3 is 0 Å². The van der Waals surface area contributed by atoms with Crippen molar-refractivity contribution in [2.24, 2.45) is 4.99 Å². The van der Waals surface area contributed by atoms with Crippen LogP contribution in [0.5, 0.6) is 5.75 Å². The first-order valence-electron chi connectivity index (χ1n) is 7.00. The summed E-state index contributed by atoms with van der Waals surface area (Å²) in [5.41, 5.74) is 1.65. The number of carbonyl (C=O) groups is 1. The van der Waals surface area contributed by atoms with Gasteiger partial charge in [0.25, 0.3) is 5.91 Å². The van der Waals surface area contributed by atoms with Crippen molar-refractivity contribution in [3.8, 4) is 5.75 Å². The third-order valence-electron chi connectivity index (χ3n) is 2.94. The summed E-state index contributed by atoms with van der Waals surface area (Å²) >= 11 is 0. The summed E-state index contributed by atoms with van der Waals surface area (Å²) in [5.74, 6) is -2.78. The van der Waals surface area contributed by atoms with Gasteiger partial charge < -0.3 is 10.1 Å². The minimum atomic E-state index is -1.12. The topological polar surface area (TPSA) is 50.7 Å². The van der Waals surface area contributed by atoms with E-state index in [0.29, 0.717) is 11.3 Å². The SMILES string of the molecule is C/C=C(/C(=O)NC)C(C=C(C)C)=Nc1ccc(F)c(F)c1OC. The Kier molecular flexibility index (Phi) is 6.63. The fourth-order valence-electron chi connectivity index (χ4n) is 1.91. The van der Waals surface area contributed by atoms with E-state index in [4.69, 9.17) is 4.74 Å². The largest absolute Gasteiger partial charge is 0.491 e. The van der Waals surface area contributed by atoms with Crippen LogP contribution < -0.4 is 10.1 Å². The maximum absolute atomic E-state index is 13.8. The summed E-state index contributed by atoms with van der Waals surface area (Å²) in [6.07, 6.45) is 3.29. The smallest absolute Gasteiger partial charge is 0.252 e. The van der Waals surface area contributed by atoms with Crippen LogP contribution in [-0.2, 0) is 4.79 Å². The average Bonchev–Trinajstić information content (AvgIpc) is 2.51. The van der Waals surface area contributed by atoms with Gasteiger partial charge in [-0.2, -0.15) is 4.39 Å². The molecule has 124 valence electrons. The summed E-state index contributed by atoms with van der Waals surface area (Å²) in [7, 11) is 2.73. The first-order chi connectivity index (χ1) is 10.8. The molecule has 1 rings (SSSR count). The lowest BCUT2D eigenvalue weighted by atomic mass is 10.1. The molecule has 4 nitrogen and oxygen atoms in total. The van der Waals surface area contributed by atoms with Crippen molar-refractivity contribution in [2.45, 2.75) is 20.8 Å². The number of hydrogen-bond donors (Lipinski definition) is 1. The van der Waals surface area contributed by atoms with Crippen molar-refractivity contribution < 1.29 is 18.3 Å². The lowest BCUT2D eigenvalue weighted by molar-refractivity contribution is -0.116. The van der Waals surface area contributed by atoms with Crippen LogP contribution in [0.25, 0.3) is 0 Å². The Morgan fingerprint density at radius 3 is 2.43 bits per heavy atom. The molecule has 0 atom stereocenters. The average molecular weight is 322 g/mol. The zero-order chi connectivity index (χ0) is 17.6. The molecule has 1 aromatic carbocycles. The third-order valence-corrected chi connectivity index (χ3v) is 2.94. The van der Waals surface area contributed by atoms with E-state index >= 15 is 0 Å². The predicted molar refractivity (Wildman–Crippen MR) is 87.3 cm³/mol. The summed E-state index contributed by atoms with van der Waals surface area (Å²) in [4.78, 5) is 16.3. The first-order valence-corrected chi connectivity index (χ1v) is 7.00. The Balaban J connectivity index is 3.56. The number of rotatable bonds is 5. The Hall–Kier alpha value is -2.50. The lowest BCUT2D eigenvalue weighted by Crippen LogP contribution is -2.24. The molecule has 0 saturated heterocycles. The molecular formula is C17H20F2N2O2. The number of allylic oxidation sites excluding steroid dienone is 3. The number of ether oxygens (including phenoxy) is 1. The number of carbonyl (C=O) groups excluding carboxylic acids is 1. The molecule has 0 heterocycles. The van der Waals surface area contributed by atoms with Gasteiger partial charge in [0.1, 0.15) is 5.69 Å². The van der Waals surface area contributed by atoms with E-state index in [1.54, 1.807) is 19.1 Å². The van der Waals surface area contributed by atoms with Crippen LogP contribution >= 0.6 is 0 Å². The van der Waals surface area contributed by atoms with Gasteiger partial charge in [0.05, 0.1) is 18.4 Å². The van der Waals surface area contributed by atoms with Gasteiger partial charge in [0.15, 0.2) is 11.6 Å². The van der Waals surface area contributed by atoms with Crippen LogP contribution in [0.3, 0.4) is 0 Å². The fraction of sp³-hybridized carbons (Fsp3) is 0.294. The van der Waals surface area contributed by atoms with Crippen molar-refractivity contribution in [3.05, 3.63) is 47.1 Å². The van der Waals surface area contributed by atoms with Crippen LogP contribution in [0.4, 0.5) is 14.5 Å². The quantitative estimate of drug-likeness (QED) is 0.664. The second kappa shape index (κ2) is 8.22. The fourth-order valence-corrected chi connectivity index (χ4v) is 1.91. The highest BCUT2D eigenvalue weighted by Crippen LogP contribution is 2.32. The zero-order valence-electron chi connectivity index (χ0n) is 13.8. The highest BCUT2D eigenvalue weighted by atomic mass is 19.2. The minimum absolute atomic E-state index is 0.0992. The van der Waals surface area contributed by atoms with Crippen molar-refractivity contribution in [2.75, 3.05) is 14.2 Å². The van der Waals surface area contributed by atoms with Crippen molar-refractivity contribution in [1.82, 2.24) is 5.32 Å². The maximum Gasteiger partial charge on any atom is 0.252 e. The molecular weight excluding hydrogens is 302 g/mol. The van der Waals surface area contributed by atoms with Crippen LogP contribution in [-0.4, -0.2) is 25.8 Å². The number of nitrogens with zero attached hydrogens (tertiary/aromatic N) is 1. The molecule has 0 saturated carbocycles. The summed E-state index contributed by atoms with van der Waals surface area (Å²) in [6.45, 7) is 5.38. The summed E-state index contributed by atoms with van der Waals surface area (Å²) < 4.78 is 32.0. The summed E-state index contributed by atoms with van der Waals surface area (Å²) in [5, 5.41) is 2.52. The van der Waals surface area contributed by atoms with Crippen LogP contribution in [0.2, 0.25) is 0 Å². The van der Waals surface area contributed by atoms with Gasteiger partial charge in [-0.05, 0) is 39.0 Å². The standard InChI is InChI=1S/C17H20F2N2O2/c1-6-11(17(22)20-4)14(9-10(2)3)21-13-8-7-12(18)15(19)16(13)23-5/h6-9H,1-5H3,(H,20,22)/b11-6+,21-14?. The Morgan fingerprint density at radius 1 is 1.30 bits per heavy atom. The molecule has 0 aliphatic carbocycles. The van der Waals surface area contributed by atoms with E-state index < -0.39 is 11.6 Å². The molecule has 0 bridgehead atoms. The van der Waals surface area contributed by atoms with E-state index in [0.717, 1.165) is 11.6 Å². The van der Waals surface area contributed by atoms with E-state index in [1.807, 2.05) is 13.8 Å². The molecule has 1 N–H and O–H groups in total. The molecule has 0 aliphatic rings. The number of hydrogen-bond acceptors (Lipinski definition) is 3. The molecule has 1 aromatic rings. The number of halogens is 2. The van der Waals surface area contributed by atoms with E-state index in [9.17, 15) is 13.6 Å². The van der Waals surface area contributed by atoms with Crippen LogP contribution in [0.15, 0.2) is 40.4 Å². The molecule has 0 aromatic heterocycles. The molecule has 1 amide bonds. The van der Waals surface area contributed by atoms with Crippen molar-refractivity contribution >= 4 is 17.3 Å². The monoisotopic (exact) mass is 322 g/mol. The van der Waals surface area contributed by atoms with Crippen LogP contribution in [0.1, 0.15) is 20.8 Å². The van der Waals surface area contributed by atoms with Crippen molar-refractivity contribution in [3.63, 3.8) is 0 Å². The van der Waals surface area contributed by atoms with E-state index in [1.165, 1.54) is 20.2 Å². The number of nitrogens with one attached hydrogen (secondary N) is 1. The highest BCUT2D eigenvalue weighted by Gasteiger charge is 2.17. The van der Waals surface area contributed by atoms with Gasteiger partial charge in [-0.3, -0.25) is 4.79 Å². The Bertz CT molecular complexity index is 688. The second-order valence-corrected chi connectivity index (χ2v) is 4.91. The molecule has 6 heteroatoms. The molecule has 0 aliphatic heterocycles. The predicted octanol–water partition coefficient (Wildman–Crippen LogP) is 3.70. The minimum Gasteiger partial charge on any atom is -0.491 e.